The molecule has 1 aliphatic heterocycles. The van der Waals surface area contributed by atoms with Gasteiger partial charge in [-0.15, -0.1) is 0 Å². The summed E-state index contributed by atoms with van der Waals surface area (Å²) in [6, 6.07) is 4.21. The van der Waals surface area contributed by atoms with Gasteiger partial charge in [-0.2, -0.15) is 8.42 Å². The fourth-order valence-electron chi connectivity index (χ4n) is 3.27. The second kappa shape index (κ2) is 6.62. The molecule has 0 unspecified atom stereocenters. The number of aryl methyl sites for hydroxylation is 2. The van der Waals surface area contributed by atoms with E-state index in [9.17, 15) is 18.3 Å². The molecule has 2 aromatic heterocycles. The minimum absolute atomic E-state index is 0.0878. The number of amides is 1. The van der Waals surface area contributed by atoms with Crippen molar-refractivity contribution in [1.82, 2.24) is 14.4 Å². The van der Waals surface area contributed by atoms with Gasteiger partial charge in [0.1, 0.15) is 23.7 Å². The Morgan fingerprint density at radius 3 is 2.69 bits per heavy atom. The van der Waals surface area contributed by atoms with Crippen LogP contribution in [0.15, 0.2) is 35.1 Å². The van der Waals surface area contributed by atoms with Gasteiger partial charge in [-0.1, -0.05) is 5.16 Å². The molecule has 4 rings (SSSR count). The van der Waals surface area contributed by atoms with Crippen molar-refractivity contribution in [2.75, 3.05) is 10.8 Å². The molecule has 152 valence electrons. The molecule has 1 fully saturated rings. The number of anilines is 1. The van der Waals surface area contributed by atoms with E-state index in [0.29, 0.717) is 22.2 Å². The van der Waals surface area contributed by atoms with Crippen molar-refractivity contribution >= 4 is 21.8 Å². The Balaban J connectivity index is 1.72. The molecule has 1 amide bonds. The van der Waals surface area contributed by atoms with Gasteiger partial charge in [0.15, 0.2) is 5.82 Å². The third-order valence-electron chi connectivity index (χ3n) is 4.75. The molecule has 0 atom stereocenters. The molecular weight excluding hydrogens is 403 g/mol. The first-order chi connectivity index (χ1) is 13.7. The van der Waals surface area contributed by atoms with Crippen LogP contribution in [0.3, 0.4) is 0 Å². The van der Waals surface area contributed by atoms with Crippen molar-refractivity contribution in [1.29, 1.82) is 0 Å². The van der Waals surface area contributed by atoms with Crippen LogP contribution in [-0.4, -0.2) is 35.7 Å². The number of hydrogen-bond donors (Lipinski definition) is 2. The number of hydrogen-bond acceptors (Lipinski definition) is 6. The summed E-state index contributed by atoms with van der Waals surface area (Å²) in [7, 11) is -4.26. The molecular formula is C18H17FN4O5S. The number of nitrogens with one attached hydrogen (secondary N) is 1. The highest BCUT2D eigenvalue weighted by atomic mass is 32.2. The number of halogens is 1. The molecule has 2 N–H and O–H groups in total. The van der Waals surface area contributed by atoms with Crippen molar-refractivity contribution in [3.63, 3.8) is 0 Å². The molecule has 0 saturated carbocycles. The van der Waals surface area contributed by atoms with E-state index in [4.69, 9.17) is 4.52 Å². The predicted molar refractivity (Wildman–Crippen MR) is 101 cm³/mol. The van der Waals surface area contributed by atoms with Gasteiger partial charge in [0, 0.05) is 29.1 Å². The van der Waals surface area contributed by atoms with Gasteiger partial charge in [-0.25, -0.2) is 13.4 Å². The Hall–Kier alpha value is -3.34. The number of aromatic hydroxyl groups is 1. The van der Waals surface area contributed by atoms with Gasteiger partial charge in [0.05, 0.1) is 12.2 Å². The van der Waals surface area contributed by atoms with E-state index in [1.54, 1.807) is 30.1 Å². The number of benzene rings is 1. The molecule has 0 radical (unpaired) electrons. The Bertz CT molecular complexity index is 1210. The van der Waals surface area contributed by atoms with E-state index < -0.39 is 39.9 Å². The van der Waals surface area contributed by atoms with Crippen LogP contribution in [0.5, 0.6) is 5.75 Å². The van der Waals surface area contributed by atoms with E-state index in [1.165, 1.54) is 12.1 Å². The molecule has 9 nitrogen and oxygen atoms in total. The summed E-state index contributed by atoms with van der Waals surface area (Å²) in [5, 5.41) is 14.0. The maximum atomic E-state index is 15.2. The zero-order valence-corrected chi connectivity index (χ0v) is 16.3. The Morgan fingerprint density at radius 1 is 1.31 bits per heavy atom. The number of aromatic nitrogens is 2. The van der Waals surface area contributed by atoms with Crippen molar-refractivity contribution in [3.05, 3.63) is 53.4 Å². The zero-order chi connectivity index (χ0) is 20.9. The minimum atomic E-state index is -4.26. The fourth-order valence-corrected chi connectivity index (χ4v) is 4.43. The fraction of sp³-hybridized carbons (Fsp3) is 0.222. The van der Waals surface area contributed by atoms with E-state index >= 15 is 4.39 Å². The molecule has 0 bridgehead atoms. The zero-order valence-electron chi connectivity index (χ0n) is 15.5. The Kier molecular flexibility index (Phi) is 4.34. The summed E-state index contributed by atoms with van der Waals surface area (Å²) in [5.41, 5.74) is 1.66. The number of carbonyl (C=O) groups is 1. The van der Waals surface area contributed by atoms with Crippen molar-refractivity contribution in [3.8, 4) is 16.9 Å². The molecule has 1 aromatic carbocycles. The summed E-state index contributed by atoms with van der Waals surface area (Å²) in [6.45, 7) is 3.49. The molecule has 0 aliphatic carbocycles. The van der Waals surface area contributed by atoms with Crippen LogP contribution in [-0.2, 0) is 21.5 Å². The van der Waals surface area contributed by atoms with Gasteiger partial charge in [-0.3, -0.25) is 4.79 Å². The summed E-state index contributed by atoms with van der Waals surface area (Å²) in [5.74, 6) is -1.64. The van der Waals surface area contributed by atoms with Crippen LogP contribution >= 0.6 is 0 Å². The predicted octanol–water partition coefficient (Wildman–Crippen LogP) is 1.83. The van der Waals surface area contributed by atoms with Gasteiger partial charge in [-0.05, 0) is 32.0 Å². The number of carbonyl (C=O) groups excluding carboxylic acids is 1. The smallest absolute Gasteiger partial charge is 0.326 e. The van der Waals surface area contributed by atoms with Crippen LogP contribution in [0.2, 0.25) is 0 Å². The average Bonchev–Trinajstić information content (AvgIpc) is 3.29. The topological polar surface area (TPSA) is 118 Å². The highest BCUT2D eigenvalue weighted by molar-refractivity contribution is 7.92. The molecule has 0 spiro atoms. The first-order valence-corrected chi connectivity index (χ1v) is 10.0. The summed E-state index contributed by atoms with van der Waals surface area (Å²) in [4.78, 5) is 11.5. The highest BCUT2D eigenvalue weighted by Gasteiger charge is 2.38. The van der Waals surface area contributed by atoms with Gasteiger partial charge in [0.2, 0.25) is 0 Å². The quantitative estimate of drug-likeness (QED) is 0.665. The Morgan fingerprint density at radius 2 is 2.07 bits per heavy atom. The maximum absolute atomic E-state index is 15.2. The Labute approximate surface area is 165 Å². The van der Waals surface area contributed by atoms with Crippen LogP contribution in [0.1, 0.15) is 17.0 Å². The number of rotatable bonds is 4. The van der Waals surface area contributed by atoms with Crippen molar-refractivity contribution < 1.29 is 27.2 Å². The normalized spacial score (nSPS) is 15.7. The van der Waals surface area contributed by atoms with E-state index in [-0.39, 0.29) is 5.56 Å². The van der Waals surface area contributed by atoms with Crippen LogP contribution in [0, 0.1) is 19.7 Å². The molecule has 1 aliphatic rings. The second-order valence-corrected chi connectivity index (χ2v) is 8.30. The van der Waals surface area contributed by atoms with E-state index in [0.717, 1.165) is 11.3 Å². The summed E-state index contributed by atoms with van der Waals surface area (Å²) in [6.07, 6.45) is 3.43. The molecule has 3 aromatic rings. The van der Waals surface area contributed by atoms with Gasteiger partial charge >= 0.3 is 10.2 Å². The third-order valence-corrected chi connectivity index (χ3v) is 6.13. The van der Waals surface area contributed by atoms with Gasteiger partial charge < -0.3 is 14.2 Å². The second-order valence-electron chi connectivity index (χ2n) is 6.71. The van der Waals surface area contributed by atoms with Gasteiger partial charge in [0.25, 0.3) is 5.91 Å². The lowest BCUT2D eigenvalue weighted by atomic mass is 10.1. The lowest BCUT2D eigenvalue weighted by Gasteiger charge is -2.18. The minimum Gasteiger partial charge on any atom is -0.506 e. The lowest BCUT2D eigenvalue weighted by Crippen LogP contribution is -2.30. The van der Waals surface area contributed by atoms with E-state index in [1.807, 2.05) is 11.5 Å². The van der Waals surface area contributed by atoms with Crippen LogP contribution in [0.4, 0.5) is 10.1 Å². The number of phenolic OH excluding ortho intramolecular Hbond substituents is 1. The van der Waals surface area contributed by atoms with Crippen molar-refractivity contribution in [2.24, 2.45) is 0 Å². The largest absolute Gasteiger partial charge is 0.506 e. The number of nitrogens with zero attached hydrogens (tertiary/aromatic N) is 3. The SMILES string of the molecule is Cc1noc(C)c1Cn1ccc(-c2ccc(O)c(N3CC(=O)NS3(=O)=O)c2F)c1. The highest BCUT2D eigenvalue weighted by Crippen LogP contribution is 2.38. The first kappa shape index (κ1) is 19.0. The monoisotopic (exact) mass is 420 g/mol. The van der Waals surface area contributed by atoms with Crippen LogP contribution < -0.4 is 9.03 Å². The summed E-state index contributed by atoms with van der Waals surface area (Å²) < 4.78 is 48.6. The molecule has 11 heteroatoms. The molecule has 3 heterocycles. The lowest BCUT2D eigenvalue weighted by molar-refractivity contribution is -0.117. The van der Waals surface area contributed by atoms with Crippen molar-refractivity contribution in [2.45, 2.75) is 20.4 Å². The third kappa shape index (κ3) is 3.23. The standard InChI is InChI=1S/C18H17FN4O5S/c1-10-14(11(2)28-20-10)8-22-6-5-12(7-22)13-3-4-15(24)18(17(13)19)23-9-16(25)21-29(23,26)27/h3-7,24H,8-9H2,1-2H3,(H,21,25). The molecule has 29 heavy (non-hydrogen) atoms. The molecule has 1 saturated heterocycles. The number of phenols is 1. The van der Waals surface area contributed by atoms with E-state index in [2.05, 4.69) is 5.16 Å². The maximum Gasteiger partial charge on any atom is 0.326 e. The average molecular weight is 420 g/mol. The summed E-state index contributed by atoms with van der Waals surface area (Å²) >= 11 is 0. The van der Waals surface area contributed by atoms with Crippen LogP contribution in [0.25, 0.3) is 11.1 Å². The first-order valence-electron chi connectivity index (χ1n) is 8.60.